The molecule has 0 aliphatic heterocycles. The van der Waals surface area contributed by atoms with Gasteiger partial charge in [-0.25, -0.2) is 0 Å². The van der Waals surface area contributed by atoms with Gasteiger partial charge in [-0.3, -0.25) is 0 Å². The summed E-state index contributed by atoms with van der Waals surface area (Å²) >= 11 is 0. The summed E-state index contributed by atoms with van der Waals surface area (Å²) in [5.74, 6) is 0. The van der Waals surface area contributed by atoms with Crippen molar-refractivity contribution in [2.45, 2.75) is 62.3 Å². The molecule has 1 aliphatic rings. The highest BCUT2D eigenvalue weighted by Gasteiger charge is 2.07. The van der Waals surface area contributed by atoms with Gasteiger partial charge in [0, 0.05) is 0 Å². The van der Waals surface area contributed by atoms with Crippen molar-refractivity contribution >= 4 is 0 Å². The molecule has 0 aromatic rings. The molecule has 0 radical (unpaired) electrons. The zero-order valence-electron chi connectivity index (χ0n) is 8.56. The Kier molecular flexibility index (Phi) is 24.9. The van der Waals surface area contributed by atoms with Crippen LogP contribution in [0.25, 0.3) is 0 Å². The third kappa shape index (κ3) is 8.23. The van der Waals surface area contributed by atoms with Crippen molar-refractivity contribution in [2.75, 3.05) is 0 Å². The van der Waals surface area contributed by atoms with Gasteiger partial charge in [0.2, 0.25) is 0 Å². The molecule has 0 heteroatoms. The molecule has 0 bridgehead atoms. The first-order valence-electron chi connectivity index (χ1n) is 4.85. The van der Waals surface area contributed by atoms with Gasteiger partial charge in [-0.1, -0.05) is 60.9 Å². The van der Waals surface area contributed by atoms with Crippen LogP contribution in [-0.4, -0.2) is 0 Å². The van der Waals surface area contributed by atoms with Crippen LogP contribution < -0.4 is 0 Å². The van der Waals surface area contributed by atoms with Crippen LogP contribution >= 0.6 is 0 Å². The molecule has 0 aromatic carbocycles. The van der Waals surface area contributed by atoms with Crippen LogP contribution in [0.15, 0.2) is 36.0 Å². The fourth-order valence-corrected chi connectivity index (χ4v) is 1.42. The smallest absolute Gasteiger partial charge is 0.0273 e. The second-order valence-corrected chi connectivity index (χ2v) is 2.61. The van der Waals surface area contributed by atoms with E-state index in [-0.39, 0.29) is 22.3 Å². The Morgan fingerprint density at radius 1 is 1.00 bits per heavy atom. The first-order valence-corrected chi connectivity index (χ1v) is 4.85. The second-order valence-electron chi connectivity index (χ2n) is 2.61. The molecule has 0 spiro atoms. The maximum absolute atomic E-state index is 3.78. The molecule has 0 nitrogen and oxygen atoms in total. The highest BCUT2D eigenvalue weighted by molar-refractivity contribution is 5.35. The maximum Gasteiger partial charge on any atom is -0.0273 e. The van der Waals surface area contributed by atoms with Gasteiger partial charge in [0.05, 0.1) is 0 Å². The van der Waals surface area contributed by atoms with Gasteiger partial charge in [0.15, 0.2) is 0 Å². The average Bonchev–Trinajstić information content (AvgIpc) is 2.56. The molecule has 0 heterocycles. The SMILES string of the molecule is C.C.C.C=CC1=C(/C=C\C)CCC1.CC. The fourth-order valence-electron chi connectivity index (χ4n) is 1.42. The van der Waals surface area contributed by atoms with E-state index in [0.29, 0.717) is 0 Å². The Morgan fingerprint density at radius 2 is 1.47 bits per heavy atom. The molecule has 0 unspecified atom stereocenters. The molecular formula is C15H32. The quantitative estimate of drug-likeness (QED) is 0.514. The Labute approximate surface area is 98.8 Å². The van der Waals surface area contributed by atoms with Gasteiger partial charge >= 0.3 is 0 Å². The highest BCUT2D eigenvalue weighted by Crippen LogP contribution is 2.27. The van der Waals surface area contributed by atoms with E-state index in [9.17, 15) is 0 Å². The number of rotatable bonds is 2. The third-order valence-corrected chi connectivity index (χ3v) is 1.92. The largest absolute Gasteiger partial charge is 0.0988 e. The van der Waals surface area contributed by atoms with Gasteiger partial charge in [-0.05, 0) is 37.3 Å². The second kappa shape index (κ2) is 15.7. The molecule has 1 aliphatic carbocycles. The standard InChI is InChI=1S/C10H14.C2H6.3CH4/c1-3-6-10-8-5-7-9(10)4-2;1-2;;;/h3-4,6H,2,5,7-8H2,1H3;1-2H3;3*1H4/b6-3-;;;;. The van der Waals surface area contributed by atoms with E-state index in [1.807, 2.05) is 19.9 Å². The van der Waals surface area contributed by atoms with Crippen LogP contribution in [0.4, 0.5) is 0 Å². The van der Waals surface area contributed by atoms with Gasteiger partial charge < -0.3 is 0 Å². The van der Waals surface area contributed by atoms with Crippen molar-refractivity contribution in [1.29, 1.82) is 0 Å². The molecule has 0 N–H and O–H groups in total. The highest BCUT2D eigenvalue weighted by atomic mass is 14.1. The number of allylic oxidation sites excluding steroid dienone is 5. The van der Waals surface area contributed by atoms with Crippen molar-refractivity contribution in [2.24, 2.45) is 0 Å². The van der Waals surface area contributed by atoms with Crippen LogP contribution in [-0.2, 0) is 0 Å². The maximum atomic E-state index is 3.78. The average molecular weight is 212 g/mol. The topological polar surface area (TPSA) is 0 Å². The first kappa shape index (κ1) is 23.8. The van der Waals surface area contributed by atoms with Crippen LogP contribution in [0.3, 0.4) is 0 Å². The van der Waals surface area contributed by atoms with Crippen LogP contribution in [0.2, 0.25) is 0 Å². The Bertz CT molecular complexity index is 182. The monoisotopic (exact) mass is 212 g/mol. The van der Waals surface area contributed by atoms with E-state index in [1.165, 1.54) is 30.4 Å². The Hall–Kier alpha value is -0.780. The molecule has 0 atom stereocenters. The van der Waals surface area contributed by atoms with Gasteiger partial charge in [-0.15, -0.1) is 0 Å². The first-order chi connectivity index (χ1) is 5.88. The molecular weight excluding hydrogens is 180 g/mol. The number of hydrogen-bond acceptors (Lipinski definition) is 0. The molecule has 0 aromatic heterocycles. The van der Waals surface area contributed by atoms with E-state index in [1.54, 1.807) is 0 Å². The van der Waals surface area contributed by atoms with Crippen LogP contribution in [0.1, 0.15) is 62.3 Å². The van der Waals surface area contributed by atoms with E-state index < -0.39 is 0 Å². The molecule has 0 amide bonds. The third-order valence-electron chi connectivity index (χ3n) is 1.92. The summed E-state index contributed by atoms with van der Waals surface area (Å²) in [6.07, 6.45) is 10.1. The van der Waals surface area contributed by atoms with E-state index in [0.717, 1.165) is 0 Å². The minimum atomic E-state index is 0. The normalized spacial score (nSPS) is 13.0. The molecule has 0 fully saturated rings. The minimum Gasteiger partial charge on any atom is -0.0988 e. The van der Waals surface area contributed by atoms with Crippen molar-refractivity contribution in [3.63, 3.8) is 0 Å². The summed E-state index contributed by atoms with van der Waals surface area (Å²) in [5, 5.41) is 0. The minimum absolute atomic E-state index is 0. The van der Waals surface area contributed by atoms with Gasteiger partial charge in [0.1, 0.15) is 0 Å². The molecule has 0 saturated carbocycles. The van der Waals surface area contributed by atoms with Crippen LogP contribution in [0, 0.1) is 0 Å². The molecule has 15 heavy (non-hydrogen) atoms. The lowest BCUT2D eigenvalue weighted by atomic mass is 10.1. The fraction of sp³-hybridized carbons (Fsp3) is 0.600. The summed E-state index contributed by atoms with van der Waals surface area (Å²) in [6, 6.07) is 0. The zero-order chi connectivity index (χ0) is 9.40. The van der Waals surface area contributed by atoms with Crippen molar-refractivity contribution < 1.29 is 0 Å². The van der Waals surface area contributed by atoms with Crippen LogP contribution in [0.5, 0.6) is 0 Å². The lowest BCUT2D eigenvalue weighted by Crippen LogP contribution is -1.73. The van der Waals surface area contributed by atoms with Crippen molar-refractivity contribution in [3.8, 4) is 0 Å². The number of hydrogen-bond donors (Lipinski definition) is 0. The Morgan fingerprint density at radius 3 is 1.87 bits per heavy atom. The van der Waals surface area contributed by atoms with E-state index >= 15 is 0 Å². The molecule has 0 saturated heterocycles. The van der Waals surface area contributed by atoms with Crippen molar-refractivity contribution in [1.82, 2.24) is 0 Å². The summed E-state index contributed by atoms with van der Waals surface area (Å²) in [7, 11) is 0. The lowest BCUT2D eigenvalue weighted by Gasteiger charge is -1.93. The predicted molar refractivity (Wildman–Crippen MR) is 77.4 cm³/mol. The predicted octanol–water partition coefficient (Wildman–Crippen LogP) is 6.16. The van der Waals surface area contributed by atoms with Gasteiger partial charge in [0.25, 0.3) is 0 Å². The lowest BCUT2D eigenvalue weighted by molar-refractivity contribution is 0.906. The summed E-state index contributed by atoms with van der Waals surface area (Å²) in [5.41, 5.74) is 2.93. The molecule has 1 rings (SSSR count). The summed E-state index contributed by atoms with van der Waals surface area (Å²) < 4.78 is 0. The van der Waals surface area contributed by atoms with Gasteiger partial charge in [-0.2, -0.15) is 0 Å². The zero-order valence-corrected chi connectivity index (χ0v) is 8.56. The Balaban J connectivity index is -0.000000114. The van der Waals surface area contributed by atoms with Crippen molar-refractivity contribution in [3.05, 3.63) is 36.0 Å². The molecule has 92 valence electrons. The van der Waals surface area contributed by atoms with E-state index in [4.69, 9.17) is 0 Å². The summed E-state index contributed by atoms with van der Waals surface area (Å²) in [4.78, 5) is 0. The summed E-state index contributed by atoms with van der Waals surface area (Å²) in [6.45, 7) is 9.84. The van der Waals surface area contributed by atoms with E-state index in [2.05, 4.69) is 25.7 Å².